The van der Waals surface area contributed by atoms with Crippen molar-refractivity contribution in [3.8, 4) is 0 Å². The first kappa shape index (κ1) is 88.5. The molecule has 0 aliphatic heterocycles. The SMILES string of the molecule is C.CC(C)(C)[Si](C)(C)OCCNc1ccccc1.CCCN(C(=O)c1ccc(CC(=O)NO)cc1)c1ccccc1.CCCN(C(=O)c1ccc(CC(=O)OC)cc1)c1ccccc1.NO.O=C(CO)Cc1ccc(C(=O)O)cc1.O=C(Cc1ccc(C(=O)N(CCO)c2ccccc2)cc1)NO. The molecule has 0 saturated heterocycles. The topological polar surface area (TPSA) is 348 Å². The first-order valence-electron chi connectivity index (χ1n) is 33.0. The molecular formula is C79H101N7O16Si. The number of Topliss-reactive ketones (excluding diaryl/α,β-unsaturated/α-hetero) is 1. The van der Waals surface area contributed by atoms with Crippen molar-refractivity contribution in [2.75, 3.05) is 73.1 Å². The normalized spacial score (nSPS) is 10.3. The summed E-state index contributed by atoms with van der Waals surface area (Å²) in [4.78, 5) is 98.0. The number of ether oxygens (including phenoxy) is 1. The number of carbonyl (C=O) groups is 8. The first-order chi connectivity index (χ1) is 48.9. The number of anilines is 4. The van der Waals surface area contributed by atoms with Crippen molar-refractivity contribution in [2.45, 2.75) is 98.7 Å². The summed E-state index contributed by atoms with van der Waals surface area (Å²) in [5.74, 6) is 0.581. The van der Waals surface area contributed by atoms with Crippen LogP contribution in [0.5, 0.6) is 0 Å². The molecule has 0 bridgehead atoms. The Labute approximate surface area is 605 Å². The van der Waals surface area contributed by atoms with Crippen molar-refractivity contribution >= 4 is 78.3 Å². The predicted molar refractivity (Wildman–Crippen MR) is 404 cm³/mol. The predicted octanol–water partition coefficient (Wildman–Crippen LogP) is 12.2. The van der Waals surface area contributed by atoms with Crippen molar-refractivity contribution < 1.29 is 78.5 Å². The molecule has 552 valence electrons. The zero-order valence-corrected chi connectivity index (χ0v) is 60.2. The third kappa shape index (κ3) is 31.9. The number of hydroxylamine groups is 2. The van der Waals surface area contributed by atoms with Crippen LogP contribution in [-0.4, -0.2) is 140 Å². The minimum atomic E-state index is -1.58. The third-order valence-corrected chi connectivity index (χ3v) is 20.1. The number of carbonyl (C=O) groups excluding carboxylic acids is 7. The molecule has 8 aromatic rings. The number of benzene rings is 8. The molecule has 0 aromatic heterocycles. The summed E-state index contributed by atoms with van der Waals surface area (Å²) < 4.78 is 10.7. The fraction of sp³-hybridized carbons (Fsp3) is 0.291. The maximum Gasteiger partial charge on any atom is 0.335 e. The molecule has 0 spiro atoms. The number of methoxy groups -OCH3 is 1. The Kier molecular flexibility index (Phi) is 41.5. The van der Waals surface area contributed by atoms with Gasteiger partial charge in [0.1, 0.15) is 6.61 Å². The van der Waals surface area contributed by atoms with Gasteiger partial charge in [-0.3, -0.25) is 44.0 Å². The van der Waals surface area contributed by atoms with Crippen LogP contribution < -0.4 is 36.9 Å². The Hall–Kier alpha value is -10.5. The van der Waals surface area contributed by atoms with E-state index in [0.717, 1.165) is 54.2 Å². The molecule has 24 heteroatoms. The number of aromatic carboxylic acids is 1. The number of ketones is 1. The molecule has 0 unspecified atom stereocenters. The number of hydrogen-bond acceptors (Lipinski definition) is 17. The number of carboxylic acid groups (broad SMARTS) is 1. The highest BCUT2D eigenvalue weighted by Gasteiger charge is 2.37. The quantitative estimate of drug-likeness (QED) is 0.00751. The van der Waals surface area contributed by atoms with Gasteiger partial charge in [-0.15, -0.1) is 0 Å². The highest BCUT2D eigenvalue weighted by molar-refractivity contribution is 6.74. The number of para-hydroxylation sites is 4. The number of aliphatic hydroxyl groups is 2. The molecule has 0 radical (unpaired) electrons. The molecule has 5 amide bonds. The van der Waals surface area contributed by atoms with E-state index in [2.05, 4.69) is 61.9 Å². The van der Waals surface area contributed by atoms with Crippen LogP contribution in [0.15, 0.2) is 218 Å². The lowest BCUT2D eigenvalue weighted by Gasteiger charge is -2.36. The number of amides is 5. The van der Waals surface area contributed by atoms with E-state index < -0.39 is 32.7 Å². The molecule has 11 N–H and O–H groups in total. The van der Waals surface area contributed by atoms with Crippen molar-refractivity contribution in [3.05, 3.63) is 263 Å². The molecule has 8 aromatic carbocycles. The lowest BCUT2D eigenvalue weighted by Crippen LogP contribution is -2.41. The molecule has 0 aliphatic carbocycles. The molecule has 0 fully saturated rings. The van der Waals surface area contributed by atoms with Crippen LogP contribution in [0.4, 0.5) is 22.7 Å². The van der Waals surface area contributed by atoms with Crippen molar-refractivity contribution in [1.29, 1.82) is 0 Å². The van der Waals surface area contributed by atoms with E-state index in [0.29, 0.717) is 51.6 Å². The minimum Gasteiger partial charge on any atom is -0.478 e. The van der Waals surface area contributed by atoms with Gasteiger partial charge in [0.25, 0.3) is 17.7 Å². The summed E-state index contributed by atoms with van der Waals surface area (Å²) in [6, 6.07) is 65.0. The van der Waals surface area contributed by atoms with Crippen LogP contribution in [-0.2, 0) is 54.0 Å². The molecule has 0 aliphatic rings. The summed E-state index contributed by atoms with van der Waals surface area (Å²) in [5, 5.41) is 53.5. The minimum absolute atomic E-state index is 0. The van der Waals surface area contributed by atoms with Gasteiger partial charge in [0, 0.05) is 72.0 Å². The Morgan fingerprint density at radius 3 is 1.09 bits per heavy atom. The van der Waals surface area contributed by atoms with E-state index in [9.17, 15) is 43.5 Å². The first-order valence-corrected chi connectivity index (χ1v) is 35.9. The van der Waals surface area contributed by atoms with Gasteiger partial charge in [0.05, 0.1) is 45.1 Å². The Morgan fingerprint density at radius 2 is 0.786 bits per heavy atom. The zero-order chi connectivity index (χ0) is 75.5. The van der Waals surface area contributed by atoms with Gasteiger partial charge in [0.2, 0.25) is 11.8 Å². The molecule has 8 rings (SSSR count). The van der Waals surface area contributed by atoms with Crippen LogP contribution in [0.1, 0.15) is 119 Å². The highest BCUT2D eigenvalue weighted by Crippen LogP contribution is 2.36. The lowest BCUT2D eigenvalue weighted by molar-refractivity contribution is -0.139. The number of aliphatic hydroxyl groups excluding tert-OH is 2. The van der Waals surface area contributed by atoms with Gasteiger partial charge in [-0.25, -0.2) is 21.7 Å². The van der Waals surface area contributed by atoms with Crippen LogP contribution >= 0.6 is 0 Å². The Balaban J connectivity index is 0.000000438. The third-order valence-electron chi connectivity index (χ3n) is 15.6. The molecule has 23 nitrogen and oxygen atoms in total. The summed E-state index contributed by atoms with van der Waals surface area (Å²) in [6.45, 7) is 18.0. The second-order valence-electron chi connectivity index (χ2n) is 24.1. The van der Waals surface area contributed by atoms with Gasteiger partial charge in [0.15, 0.2) is 14.1 Å². The van der Waals surface area contributed by atoms with Crippen LogP contribution in [0.2, 0.25) is 18.1 Å². The maximum absolute atomic E-state index is 12.8. The van der Waals surface area contributed by atoms with Crippen LogP contribution in [0.25, 0.3) is 0 Å². The highest BCUT2D eigenvalue weighted by atomic mass is 28.4. The summed E-state index contributed by atoms with van der Waals surface area (Å²) >= 11 is 0. The Bertz CT molecular complexity index is 3490. The molecular weight excluding hydrogens is 1330 g/mol. The van der Waals surface area contributed by atoms with E-state index in [1.807, 2.05) is 111 Å². The number of carboxylic acids is 1. The van der Waals surface area contributed by atoms with E-state index in [-0.39, 0.29) is 81.3 Å². The van der Waals surface area contributed by atoms with E-state index >= 15 is 0 Å². The van der Waals surface area contributed by atoms with Gasteiger partial charge < -0.3 is 49.7 Å². The number of hydrogen-bond donors (Lipinski definition) is 10. The molecule has 0 atom stereocenters. The zero-order valence-electron chi connectivity index (χ0n) is 59.2. The summed E-state index contributed by atoms with van der Waals surface area (Å²) in [7, 11) is -0.219. The second kappa shape index (κ2) is 48.3. The standard InChI is InChI=1S/C19H21NO3.C18H20N2O3.C17H18N2O4.C14H25NOSi.C10H10O4.CH4.H3NO/c1-3-13-20(17-7-5-4-6-8-17)19(22)16-11-9-15(10-12-16)14-18(21)23-2;1-2-12-20(16-6-4-3-5-7-16)18(22)15-10-8-14(9-11-15)13-17(21)19-23;20-11-10-19(15-4-2-1-3-5-15)17(22)14-8-6-13(7-9-14)12-16(21)18-23;1-14(2,3)17(4,5)16-12-11-15-13-9-7-6-8-10-13;11-6-9(12)5-7-1-3-8(4-2-7)10(13)14;;1-2/h4-12H,3,13-14H2,1-2H3;3-11,23H,2,12-13H2,1H3,(H,19,21);1-9,20,23H,10-12H2,(H,18,21);6-10,15H,11-12H2,1-5H3;1-4,11H,5-6H2,(H,13,14);1H4;2H,1H2. The van der Waals surface area contributed by atoms with Crippen molar-refractivity contribution in [2.24, 2.45) is 5.90 Å². The second-order valence-corrected chi connectivity index (χ2v) is 29.0. The number of rotatable bonds is 27. The lowest BCUT2D eigenvalue weighted by atomic mass is 10.1. The van der Waals surface area contributed by atoms with Gasteiger partial charge in [-0.05, 0) is 150 Å². The van der Waals surface area contributed by atoms with Gasteiger partial charge in [-0.1, -0.05) is 163 Å². The average Bonchev–Trinajstić information content (AvgIpc) is 0.861. The summed E-state index contributed by atoms with van der Waals surface area (Å²) in [5.41, 5.74) is 11.5. The van der Waals surface area contributed by atoms with E-state index in [1.165, 1.54) is 24.1 Å². The van der Waals surface area contributed by atoms with Crippen LogP contribution in [0, 0.1) is 0 Å². The summed E-state index contributed by atoms with van der Waals surface area (Å²) in [6.07, 6.45) is 2.18. The molecule has 0 saturated carbocycles. The Morgan fingerprint density at radius 1 is 0.466 bits per heavy atom. The average molecular weight is 1430 g/mol. The fourth-order valence-electron chi connectivity index (χ4n) is 9.19. The van der Waals surface area contributed by atoms with Gasteiger partial charge >= 0.3 is 11.9 Å². The monoisotopic (exact) mass is 1430 g/mol. The maximum atomic E-state index is 12.8. The fourth-order valence-corrected chi connectivity index (χ4v) is 10.2. The number of esters is 1. The number of nitrogens with zero attached hydrogens (tertiary/aromatic N) is 3. The number of nitrogens with one attached hydrogen (secondary N) is 3. The van der Waals surface area contributed by atoms with Crippen molar-refractivity contribution in [3.63, 3.8) is 0 Å². The van der Waals surface area contributed by atoms with Crippen molar-refractivity contribution in [1.82, 2.24) is 11.0 Å². The molecule has 0 heterocycles. The van der Waals surface area contributed by atoms with E-state index in [4.69, 9.17) is 30.3 Å². The molecule has 103 heavy (non-hydrogen) atoms. The van der Waals surface area contributed by atoms with Crippen LogP contribution in [0.3, 0.4) is 0 Å². The largest absolute Gasteiger partial charge is 0.478 e. The van der Waals surface area contributed by atoms with E-state index in [1.54, 1.807) is 118 Å². The smallest absolute Gasteiger partial charge is 0.335 e. The van der Waals surface area contributed by atoms with Gasteiger partial charge in [-0.2, -0.15) is 0 Å². The number of nitrogens with two attached hydrogens (primary N) is 1.